The molecule has 0 fully saturated rings. The van der Waals surface area contributed by atoms with Crippen molar-refractivity contribution in [2.45, 2.75) is 37.6 Å². The average molecular weight is 325 g/mol. The highest BCUT2D eigenvalue weighted by Gasteiger charge is 2.23. The van der Waals surface area contributed by atoms with Crippen molar-refractivity contribution < 1.29 is 18.0 Å². The number of likely N-dealkylation sites (N-methyl/N-ethyl adjacent to an activating group) is 1. The molecule has 0 bridgehead atoms. The van der Waals surface area contributed by atoms with Crippen LogP contribution < -0.4 is 15.4 Å². The van der Waals surface area contributed by atoms with Gasteiger partial charge in [0.05, 0.1) is 10.9 Å². The van der Waals surface area contributed by atoms with Crippen LogP contribution in [-0.2, 0) is 26.0 Å². The van der Waals surface area contributed by atoms with E-state index in [9.17, 15) is 18.0 Å². The van der Waals surface area contributed by atoms with Gasteiger partial charge in [0.1, 0.15) is 0 Å². The SMILES string of the molecule is CCNC(=O)[C@H](C)NS(=O)(=O)c1ccc2c(c1)CCC(=O)N2. The second-order valence-electron chi connectivity index (χ2n) is 5.10. The molecule has 0 spiro atoms. The lowest BCUT2D eigenvalue weighted by Crippen LogP contribution is -2.44. The Morgan fingerprint density at radius 1 is 1.36 bits per heavy atom. The molecular weight excluding hydrogens is 306 g/mol. The van der Waals surface area contributed by atoms with Gasteiger partial charge in [-0.25, -0.2) is 8.42 Å². The molecule has 1 heterocycles. The maximum absolute atomic E-state index is 12.3. The topological polar surface area (TPSA) is 104 Å². The van der Waals surface area contributed by atoms with Gasteiger partial charge in [0, 0.05) is 18.7 Å². The van der Waals surface area contributed by atoms with E-state index in [4.69, 9.17) is 0 Å². The van der Waals surface area contributed by atoms with Gasteiger partial charge in [-0.1, -0.05) is 0 Å². The third-order valence-electron chi connectivity index (χ3n) is 3.36. The Labute approximate surface area is 129 Å². The predicted octanol–water partition coefficient (Wildman–Crippen LogP) is 0.374. The Morgan fingerprint density at radius 3 is 2.77 bits per heavy atom. The zero-order valence-electron chi connectivity index (χ0n) is 12.5. The van der Waals surface area contributed by atoms with Crippen LogP contribution in [0.15, 0.2) is 23.1 Å². The molecule has 3 N–H and O–H groups in total. The van der Waals surface area contributed by atoms with Crippen molar-refractivity contribution >= 4 is 27.5 Å². The minimum absolute atomic E-state index is 0.0777. The van der Waals surface area contributed by atoms with Crippen LogP contribution in [0.1, 0.15) is 25.8 Å². The van der Waals surface area contributed by atoms with Gasteiger partial charge in [-0.2, -0.15) is 4.72 Å². The first-order valence-corrected chi connectivity index (χ1v) is 8.54. The van der Waals surface area contributed by atoms with Crippen LogP contribution >= 0.6 is 0 Å². The molecule has 0 radical (unpaired) electrons. The van der Waals surface area contributed by atoms with Crippen molar-refractivity contribution in [2.24, 2.45) is 0 Å². The maximum atomic E-state index is 12.3. The molecule has 0 aromatic heterocycles. The van der Waals surface area contributed by atoms with Gasteiger partial charge in [-0.05, 0) is 44.0 Å². The first-order valence-electron chi connectivity index (χ1n) is 7.06. The fourth-order valence-electron chi connectivity index (χ4n) is 2.21. The van der Waals surface area contributed by atoms with Crippen molar-refractivity contribution in [1.29, 1.82) is 0 Å². The average Bonchev–Trinajstić information content (AvgIpc) is 2.46. The number of nitrogens with one attached hydrogen (secondary N) is 3. The summed E-state index contributed by atoms with van der Waals surface area (Å²) in [5, 5.41) is 5.26. The van der Waals surface area contributed by atoms with Gasteiger partial charge in [-0.15, -0.1) is 0 Å². The van der Waals surface area contributed by atoms with Gasteiger partial charge in [-0.3, -0.25) is 9.59 Å². The van der Waals surface area contributed by atoms with Crippen molar-refractivity contribution in [3.63, 3.8) is 0 Å². The van der Waals surface area contributed by atoms with E-state index < -0.39 is 16.1 Å². The minimum Gasteiger partial charge on any atom is -0.355 e. The summed E-state index contributed by atoms with van der Waals surface area (Å²) in [5.41, 5.74) is 1.40. The number of fused-ring (bicyclic) bond motifs is 1. The Hall–Kier alpha value is -1.93. The van der Waals surface area contributed by atoms with Crippen molar-refractivity contribution in [3.05, 3.63) is 23.8 Å². The molecule has 2 rings (SSSR count). The van der Waals surface area contributed by atoms with Gasteiger partial charge < -0.3 is 10.6 Å². The Bertz CT molecular complexity index is 700. The van der Waals surface area contributed by atoms with E-state index in [2.05, 4.69) is 15.4 Å². The van der Waals surface area contributed by atoms with E-state index in [1.165, 1.54) is 19.1 Å². The Morgan fingerprint density at radius 2 is 2.09 bits per heavy atom. The number of benzene rings is 1. The third-order valence-corrected chi connectivity index (χ3v) is 4.90. The Balaban J connectivity index is 2.20. The Kier molecular flexibility index (Phi) is 4.82. The van der Waals surface area contributed by atoms with E-state index in [0.717, 1.165) is 5.56 Å². The van der Waals surface area contributed by atoms with Crippen LogP contribution in [-0.4, -0.2) is 32.8 Å². The normalized spacial score (nSPS) is 15.6. The summed E-state index contributed by atoms with van der Waals surface area (Å²) >= 11 is 0. The summed E-state index contributed by atoms with van der Waals surface area (Å²) in [4.78, 5) is 23.0. The largest absolute Gasteiger partial charge is 0.355 e. The molecule has 1 aromatic rings. The highest BCUT2D eigenvalue weighted by molar-refractivity contribution is 7.89. The van der Waals surface area contributed by atoms with E-state index in [0.29, 0.717) is 25.1 Å². The smallest absolute Gasteiger partial charge is 0.241 e. The van der Waals surface area contributed by atoms with Crippen LogP contribution in [0.3, 0.4) is 0 Å². The van der Waals surface area contributed by atoms with Gasteiger partial charge in [0.25, 0.3) is 0 Å². The number of anilines is 1. The van der Waals surface area contributed by atoms with Crippen LogP contribution in [0.5, 0.6) is 0 Å². The van der Waals surface area contributed by atoms with Gasteiger partial charge in [0.15, 0.2) is 0 Å². The molecule has 0 unspecified atom stereocenters. The first kappa shape index (κ1) is 16.4. The minimum atomic E-state index is -3.79. The molecule has 120 valence electrons. The zero-order valence-corrected chi connectivity index (χ0v) is 13.3. The van der Waals surface area contributed by atoms with Crippen LogP contribution in [0, 0.1) is 0 Å². The molecule has 8 heteroatoms. The fourth-order valence-corrected chi connectivity index (χ4v) is 3.46. The van der Waals surface area contributed by atoms with E-state index in [-0.39, 0.29) is 16.7 Å². The van der Waals surface area contributed by atoms with Crippen molar-refractivity contribution in [1.82, 2.24) is 10.0 Å². The fraction of sp³-hybridized carbons (Fsp3) is 0.429. The molecule has 1 aromatic carbocycles. The first-order chi connectivity index (χ1) is 10.3. The molecule has 0 aliphatic carbocycles. The van der Waals surface area contributed by atoms with Crippen molar-refractivity contribution in [3.8, 4) is 0 Å². The monoisotopic (exact) mass is 325 g/mol. The summed E-state index contributed by atoms with van der Waals surface area (Å²) in [6.45, 7) is 3.68. The molecule has 0 saturated carbocycles. The summed E-state index contributed by atoms with van der Waals surface area (Å²) in [5.74, 6) is -0.456. The number of sulfonamides is 1. The van der Waals surface area contributed by atoms with Crippen LogP contribution in [0.4, 0.5) is 5.69 Å². The molecule has 1 atom stereocenters. The molecule has 7 nitrogen and oxygen atoms in total. The summed E-state index contributed by atoms with van der Waals surface area (Å²) in [6, 6.07) is 3.65. The lowest BCUT2D eigenvalue weighted by Gasteiger charge is -2.18. The number of hydrogen-bond acceptors (Lipinski definition) is 4. The van der Waals surface area contributed by atoms with Gasteiger partial charge in [0.2, 0.25) is 21.8 Å². The number of amides is 2. The molecule has 0 saturated heterocycles. The molecule has 22 heavy (non-hydrogen) atoms. The molecule has 1 aliphatic heterocycles. The second-order valence-corrected chi connectivity index (χ2v) is 6.82. The highest BCUT2D eigenvalue weighted by Crippen LogP contribution is 2.25. The van der Waals surface area contributed by atoms with Crippen molar-refractivity contribution in [2.75, 3.05) is 11.9 Å². The number of aryl methyl sites for hydroxylation is 1. The zero-order chi connectivity index (χ0) is 16.3. The van der Waals surface area contributed by atoms with E-state index >= 15 is 0 Å². The lowest BCUT2D eigenvalue weighted by molar-refractivity contribution is -0.122. The molecule has 2 amide bonds. The van der Waals surface area contributed by atoms with Crippen LogP contribution in [0.25, 0.3) is 0 Å². The molecular formula is C14H19N3O4S. The van der Waals surface area contributed by atoms with E-state index in [1.807, 2.05) is 0 Å². The number of carbonyl (C=O) groups excluding carboxylic acids is 2. The number of hydrogen-bond donors (Lipinski definition) is 3. The van der Waals surface area contributed by atoms with Crippen LogP contribution in [0.2, 0.25) is 0 Å². The van der Waals surface area contributed by atoms with E-state index in [1.54, 1.807) is 13.0 Å². The summed E-state index contributed by atoms with van der Waals surface area (Å²) < 4.78 is 27.0. The third kappa shape index (κ3) is 3.63. The number of rotatable bonds is 5. The highest BCUT2D eigenvalue weighted by atomic mass is 32.2. The number of carbonyl (C=O) groups is 2. The quantitative estimate of drug-likeness (QED) is 0.727. The maximum Gasteiger partial charge on any atom is 0.241 e. The molecule has 1 aliphatic rings. The second kappa shape index (κ2) is 6.45. The predicted molar refractivity (Wildman–Crippen MR) is 81.9 cm³/mol. The van der Waals surface area contributed by atoms with Gasteiger partial charge >= 0.3 is 0 Å². The lowest BCUT2D eigenvalue weighted by atomic mass is 10.0. The summed E-state index contributed by atoms with van der Waals surface area (Å²) in [6.07, 6.45) is 0.829. The standard InChI is InChI=1S/C14H19N3O4S/c1-3-15-14(19)9(2)17-22(20,21)11-5-6-12-10(8-11)4-7-13(18)16-12/h5-6,8-9,17H,3-4,7H2,1-2H3,(H,15,19)(H,16,18)/t9-/m0/s1. The summed E-state index contributed by atoms with van der Waals surface area (Å²) in [7, 11) is -3.79.